The highest BCUT2D eigenvalue weighted by Gasteiger charge is 2.42. The molecule has 1 aliphatic heterocycles. The summed E-state index contributed by atoms with van der Waals surface area (Å²) in [6.07, 6.45) is 3.54. The van der Waals surface area contributed by atoms with Crippen LogP contribution in [0, 0.1) is 12.3 Å². The summed E-state index contributed by atoms with van der Waals surface area (Å²) in [5, 5.41) is 20.0. The fourth-order valence-corrected chi connectivity index (χ4v) is 2.90. The fraction of sp³-hybridized carbons (Fsp3) is 0.714. The van der Waals surface area contributed by atoms with Crippen LogP contribution >= 0.6 is 0 Å². The van der Waals surface area contributed by atoms with Crippen molar-refractivity contribution in [2.45, 2.75) is 39.2 Å². The van der Waals surface area contributed by atoms with Crippen molar-refractivity contribution >= 4 is 11.8 Å². The van der Waals surface area contributed by atoms with Crippen molar-refractivity contribution in [1.82, 2.24) is 9.97 Å². The number of anilines is 2. The second-order valence-electron chi connectivity index (χ2n) is 5.73. The van der Waals surface area contributed by atoms with Gasteiger partial charge in [-0.15, -0.1) is 0 Å². The average Bonchev–Trinajstić information content (AvgIpc) is 2.44. The zero-order valence-electron chi connectivity index (χ0n) is 12.2. The summed E-state index contributed by atoms with van der Waals surface area (Å²) in [7, 11) is 0. The first-order valence-electron chi connectivity index (χ1n) is 7.15. The summed E-state index contributed by atoms with van der Waals surface area (Å²) >= 11 is 0. The number of nitrogens with two attached hydrogens (primary N) is 1. The molecule has 0 saturated carbocycles. The maximum absolute atomic E-state index is 10.3. The number of hydrogen-bond acceptors (Lipinski definition) is 6. The molecule has 2 rings (SSSR count). The smallest absolute Gasteiger partial charge is 0.227 e. The lowest BCUT2D eigenvalue weighted by molar-refractivity contribution is -0.0354. The third-order valence-corrected chi connectivity index (χ3v) is 4.23. The van der Waals surface area contributed by atoms with E-state index in [9.17, 15) is 10.2 Å². The second-order valence-corrected chi connectivity index (χ2v) is 5.73. The van der Waals surface area contributed by atoms with Crippen LogP contribution in [0.2, 0.25) is 0 Å². The third-order valence-electron chi connectivity index (χ3n) is 4.23. The maximum Gasteiger partial charge on any atom is 0.227 e. The zero-order chi connectivity index (χ0) is 14.8. The van der Waals surface area contributed by atoms with E-state index < -0.39 is 11.5 Å². The molecule has 2 atom stereocenters. The average molecular weight is 280 g/mol. The van der Waals surface area contributed by atoms with Gasteiger partial charge in [0.15, 0.2) is 0 Å². The van der Waals surface area contributed by atoms with Crippen LogP contribution in [0.4, 0.5) is 11.8 Å². The molecule has 1 aromatic heterocycles. The van der Waals surface area contributed by atoms with Gasteiger partial charge >= 0.3 is 0 Å². The van der Waals surface area contributed by atoms with Gasteiger partial charge in [-0.3, -0.25) is 0 Å². The largest absolute Gasteiger partial charge is 0.396 e. The number of piperidine rings is 1. The van der Waals surface area contributed by atoms with E-state index in [-0.39, 0.29) is 6.61 Å². The van der Waals surface area contributed by atoms with E-state index in [1.807, 2.05) is 11.8 Å². The Morgan fingerprint density at radius 2 is 2.30 bits per heavy atom. The number of nitrogens with zero attached hydrogens (tertiary/aromatic N) is 3. The first kappa shape index (κ1) is 15.0. The van der Waals surface area contributed by atoms with Crippen molar-refractivity contribution in [2.24, 2.45) is 5.41 Å². The monoisotopic (exact) mass is 280 g/mol. The molecule has 20 heavy (non-hydrogen) atoms. The van der Waals surface area contributed by atoms with Gasteiger partial charge in [0, 0.05) is 30.3 Å². The van der Waals surface area contributed by atoms with E-state index in [0.717, 1.165) is 18.4 Å². The highest BCUT2D eigenvalue weighted by Crippen LogP contribution is 2.35. The number of nitrogen functional groups attached to an aromatic ring is 1. The Balaban J connectivity index is 2.23. The molecular weight excluding hydrogens is 256 g/mol. The molecule has 0 unspecified atom stereocenters. The number of hydrogen-bond donors (Lipinski definition) is 3. The van der Waals surface area contributed by atoms with Crippen LogP contribution in [0.1, 0.15) is 31.7 Å². The molecule has 1 saturated heterocycles. The lowest BCUT2D eigenvalue weighted by Gasteiger charge is -2.45. The molecular formula is C14H24N4O2. The predicted molar refractivity (Wildman–Crippen MR) is 78.4 cm³/mol. The molecule has 0 aliphatic carbocycles. The quantitative estimate of drug-likeness (QED) is 0.752. The van der Waals surface area contributed by atoms with E-state index in [1.165, 1.54) is 0 Å². The van der Waals surface area contributed by atoms with E-state index in [1.54, 1.807) is 6.20 Å². The van der Waals surface area contributed by atoms with E-state index in [2.05, 4.69) is 16.9 Å². The van der Waals surface area contributed by atoms with Crippen molar-refractivity contribution < 1.29 is 10.2 Å². The molecule has 0 radical (unpaired) electrons. The van der Waals surface area contributed by atoms with Crippen LogP contribution in [-0.4, -0.2) is 46.0 Å². The van der Waals surface area contributed by atoms with Crippen LogP contribution in [0.25, 0.3) is 0 Å². The molecule has 0 spiro atoms. The normalized spacial score (nSPS) is 26.8. The summed E-state index contributed by atoms with van der Waals surface area (Å²) in [6, 6.07) is 0. The van der Waals surface area contributed by atoms with Gasteiger partial charge in [0.05, 0.1) is 12.7 Å². The SMILES string of the molecule is CCC[C@@]1(CO)CN(c2ncc(C)c(N)n2)CC[C@H]1O. The van der Waals surface area contributed by atoms with Gasteiger partial charge in [-0.05, 0) is 19.8 Å². The summed E-state index contributed by atoms with van der Waals surface area (Å²) in [4.78, 5) is 10.6. The number of aryl methyl sites for hydroxylation is 1. The van der Waals surface area contributed by atoms with Crippen molar-refractivity contribution in [3.63, 3.8) is 0 Å². The molecule has 1 aromatic rings. The van der Waals surface area contributed by atoms with Gasteiger partial charge in [0.2, 0.25) is 5.95 Å². The van der Waals surface area contributed by atoms with Crippen LogP contribution in [0.5, 0.6) is 0 Å². The zero-order valence-corrected chi connectivity index (χ0v) is 12.2. The molecule has 2 heterocycles. The lowest BCUT2D eigenvalue weighted by atomic mass is 9.74. The number of aliphatic hydroxyl groups is 2. The Morgan fingerprint density at radius 3 is 2.90 bits per heavy atom. The second kappa shape index (κ2) is 5.93. The van der Waals surface area contributed by atoms with E-state index >= 15 is 0 Å². The highest BCUT2D eigenvalue weighted by atomic mass is 16.3. The fourth-order valence-electron chi connectivity index (χ4n) is 2.90. The number of aliphatic hydroxyl groups excluding tert-OH is 2. The minimum absolute atomic E-state index is 0.0279. The van der Waals surface area contributed by atoms with Crippen LogP contribution < -0.4 is 10.6 Å². The molecule has 0 amide bonds. The molecule has 1 fully saturated rings. The number of rotatable bonds is 4. The molecule has 1 aliphatic rings. The van der Waals surface area contributed by atoms with E-state index in [4.69, 9.17) is 5.73 Å². The Labute approximate surface area is 119 Å². The van der Waals surface area contributed by atoms with Crippen molar-refractivity contribution in [3.8, 4) is 0 Å². The van der Waals surface area contributed by atoms with Gasteiger partial charge < -0.3 is 20.8 Å². The topological polar surface area (TPSA) is 95.5 Å². The Bertz CT molecular complexity index is 468. The lowest BCUT2D eigenvalue weighted by Crippen LogP contribution is -2.54. The minimum Gasteiger partial charge on any atom is -0.396 e. The van der Waals surface area contributed by atoms with Crippen LogP contribution in [-0.2, 0) is 0 Å². The third kappa shape index (κ3) is 2.71. The molecule has 112 valence electrons. The van der Waals surface area contributed by atoms with Crippen molar-refractivity contribution in [2.75, 3.05) is 30.3 Å². The molecule has 6 heteroatoms. The standard InChI is InChI=1S/C14H24N4O2/c1-3-5-14(9-19)8-18(6-4-11(14)20)13-16-7-10(2)12(15)17-13/h7,11,19-20H,3-6,8-9H2,1-2H3,(H2,15,16,17)/t11-,14+/m1/s1. The highest BCUT2D eigenvalue weighted by molar-refractivity contribution is 5.44. The number of aromatic nitrogens is 2. The van der Waals surface area contributed by atoms with Crippen molar-refractivity contribution in [1.29, 1.82) is 0 Å². The predicted octanol–water partition coefficient (Wildman–Crippen LogP) is 0.717. The Kier molecular flexibility index (Phi) is 4.45. The summed E-state index contributed by atoms with van der Waals surface area (Å²) in [5.74, 6) is 1.06. The van der Waals surface area contributed by atoms with Gasteiger partial charge in [-0.25, -0.2) is 4.98 Å². The van der Waals surface area contributed by atoms with E-state index in [0.29, 0.717) is 31.3 Å². The molecule has 4 N–H and O–H groups in total. The molecule has 0 aromatic carbocycles. The van der Waals surface area contributed by atoms with Gasteiger partial charge in [0.1, 0.15) is 5.82 Å². The van der Waals surface area contributed by atoms with Gasteiger partial charge in [-0.2, -0.15) is 4.98 Å². The van der Waals surface area contributed by atoms with Crippen LogP contribution in [0.3, 0.4) is 0 Å². The Hall–Kier alpha value is -1.40. The molecule has 0 bridgehead atoms. The van der Waals surface area contributed by atoms with Gasteiger partial charge in [-0.1, -0.05) is 13.3 Å². The Morgan fingerprint density at radius 1 is 1.55 bits per heavy atom. The van der Waals surface area contributed by atoms with Crippen LogP contribution in [0.15, 0.2) is 6.20 Å². The van der Waals surface area contributed by atoms with Crippen molar-refractivity contribution in [3.05, 3.63) is 11.8 Å². The first-order chi connectivity index (χ1) is 9.52. The first-order valence-corrected chi connectivity index (χ1v) is 7.15. The maximum atomic E-state index is 10.3. The molecule has 6 nitrogen and oxygen atoms in total. The summed E-state index contributed by atoms with van der Waals surface area (Å²) in [6.45, 7) is 5.13. The minimum atomic E-state index is -0.490. The summed E-state index contributed by atoms with van der Waals surface area (Å²) in [5.41, 5.74) is 6.20. The summed E-state index contributed by atoms with van der Waals surface area (Å²) < 4.78 is 0. The van der Waals surface area contributed by atoms with Gasteiger partial charge in [0.25, 0.3) is 0 Å².